The Hall–Kier alpha value is -0.900. The van der Waals surface area contributed by atoms with E-state index in [2.05, 4.69) is 57.4 Å². The van der Waals surface area contributed by atoms with Crippen molar-refractivity contribution in [2.45, 2.75) is 57.7 Å². The molecular weight excluding hydrogens is 515 g/mol. The highest BCUT2D eigenvalue weighted by Crippen LogP contribution is 2.40. The van der Waals surface area contributed by atoms with E-state index in [-0.39, 0.29) is 30.1 Å². The Bertz CT molecular complexity index is 711. The van der Waals surface area contributed by atoms with E-state index in [1.807, 2.05) is 7.05 Å². The van der Waals surface area contributed by atoms with Crippen molar-refractivity contribution < 1.29 is 9.47 Å². The van der Waals surface area contributed by atoms with E-state index in [0.717, 1.165) is 64.9 Å². The maximum absolute atomic E-state index is 6.18. The highest BCUT2D eigenvalue weighted by atomic mass is 127. The fourth-order valence-electron chi connectivity index (χ4n) is 5.62. The van der Waals surface area contributed by atoms with Crippen LogP contribution in [0.25, 0.3) is 0 Å². The lowest BCUT2D eigenvalue weighted by atomic mass is 9.83. The third-order valence-corrected chi connectivity index (χ3v) is 7.42. The molecule has 1 aromatic rings. The SMILES string of the molecule is CCOCCC1(CNC(=NC)N2CC3OCCN(Cc4ccccc4)C3C2)CCCC1.I. The van der Waals surface area contributed by atoms with Crippen LogP contribution in [0.1, 0.15) is 44.6 Å². The lowest BCUT2D eigenvalue weighted by Gasteiger charge is -2.36. The number of fused-ring (bicyclic) bond motifs is 1. The lowest BCUT2D eigenvalue weighted by molar-refractivity contribution is -0.0502. The molecule has 0 spiro atoms. The number of benzene rings is 1. The van der Waals surface area contributed by atoms with Crippen molar-refractivity contribution in [3.05, 3.63) is 35.9 Å². The van der Waals surface area contributed by atoms with E-state index < -0.39 is 0 Å². The van der Waals surface area contributed by atoms with Crippen molar-refractivity contribution in [2.24, 2.45) is 10.4 Å². The number of likely N-dealkylation sites (tertiary alicyclic amines) is 1. The van der Waals surface area contributed by atoms with Gasteiger partial charge in [0, 0.05) is 53.0 Å². The molecule has 1 aromatic carbocycles. The molecule has 2 atom stereocenters. The van der Waals surface area contributed by atoms with E-state index in [4.69, 9.17) is 9.47 Å². The van der Waals surface area contributed by atoms with Crippen LogP contribution in [0, 0.1) is 5.41 Å². The Balaban J connectivity index is 0.00000289. The minimum atomic E-state index is 0. The molecule has 1 N–H and O–H groups in total. The highest BCUT2D eigenvalue weighted by Gasteiger charge is 2.41. The summed E-state index contributed by atoms with van der Waals surface area (Å²) in [6.45, 7) is 9.44. The van der Waals surface area contributed by atoms with E-state index in [1.165, 1.54) is 31.2 Å². The molecule has 2 saturated heterocycles. The Morgan fingerprint density at radius 3 is 2.72 bits per heavy atom. The molecule has 1 aliphatic carbocycles. The van der Waals surface area contributed by atoms with E-state index in [1.54, 1.807) is 0 Å². The minimum Gasteiger partial charge on any atom is -0.382 e. The van der Waals surface area contributed by atoms with Gasteiger partial charge in [-0.3, -0.25) is 9.89 Å². The second kappa shape index (κ2) is 12.5. The number of ether oxygens (including phenoxy) is 2. The summed E-state index contributed by atoms with van der Waals surface area (Å²) in [6.07, 6.45) is 6.66. The summed E-state index contributed by atoms with van der Waals surface area (Å²) in [5.74, 6) is 1.03. The zero-order chi connectivity index (χ0) is 21.5. The van der Waals surface area contributed by atoms with Gasteiger partial charge < -0.3 is 19.7 Å². The number of morpholine rings is 1. The fraction of sp³-hybridized carbons (Fsp3) is 0.720. The molecule has 180 valence electrons. The average molecular weight is 557 g/mol. The van der Waals surface area contributed by atoms with Gasteiger partial charge in [-0.05, 0) is 37.2 Å². The van der Waals surface area contributed by atoms with Crippen LogP contribution in [0.5, 0.6) is 0 Å². The van der Waals surface area contributed by atoms with Gasteiger partial charge in [0.2, 0.25) is 0 Å². The van der Waals surface area contributed by atoms with Crippen LogP contribution < -0.4 is 5.32 Å². The second-order valence-electron chi connectivity index (χ2n) is 9.39. The van der Waals surface area contributed by atoms with Crippen LogP contribution in [-0.2, 0) is 16.0 Å². The zero-order valence-electron chi connectivity index (χ0n) is 19.8. The van der Waals surface area contributed by atoms with Gasteiger partial charge in [0.05, 0.1) is 18.8 Å². The van der Waals surface area contributed by atoms with Gasteiger partial charge >= 0.3 is 0 Å². The van der Waals surface area contributed by atoms with Crippen molar-refractivity contribution in [1.29, 1.82) is 0 Å². The largest absolute Gasteiger partial charge is 0.382 e. The number of aliphatic imine (C=N–C) groups is 1. The van der Waals surface area contributed by atoms with Crippen LogP contribution in [-0.4, -0.2) is 81.0 Å². The smallest absolute Gasteiger partial charge is 0.193 e. The Kier molecular flexibility index (Phi) is 10.1. The van der Waals surface area contributed by atoms with Crippen LogP contribution in [0.3, 0.4) is 0 Å². The van der Waals surface area contributed by atoms with Gasteiger partial charge in [0.15, 0.2) is 5.96 Å². The fourth-order valence-corrected chi connectivity index (χ4v) is 5.62. The van der Waals surface area contributed by atoms with E-state index >= 15 is 0 Å². The monoisotopic (exact) mass is 556 g/mol. The number of guanidine groups is 1. The first-order valence-electron chi connectivity index (χ1n) is 12.2. The number of nitrogens with zero attached hydrogens (tertiary/aromatic N) is 3. The summed E-state index contributed by atoms with van der Waals surface area (Å²) in [5, 5.41) is 3.74. The van der Waals surface area contributed by atoms with Crippen molar-refractivity contribution in [1.82, 2.24) is 15.1 Å². The first-order chi connectivity index (χ1) is 15.2. The maximum atomic E-state index is 6.18. The molecule has 2 heterocycles. The average Bonchev–Trinajstić information content (AvgIpc) is 3.44. The van der Waals surface area contributed by atoms with Gasteiger partial charge in [-0.2, -0.15) is 0 Å². The Labute approximate surface area is 211 Å². The molecule has 0 radical (unpaired) electrons. The zero-order valence-corrected chi connectivity index (χ0v) is 22.1. The van der Waals surface area contributed by atoms with Crippen molar-refractivity contribution >= 4 is 29.9 Å². The minimum absolute atomic E-state index is 0. The maximum Gasteiger partial charge on any atom is 0.193 e. The summed E-state index contributed by atoms with van der Waals surface area (Å²) in [4.78, 5) is 9.65. The number of nitrogens with one attached hydrogen (secondary N) is 1. The van der Waals surface area contributed by atoms with Crippen molar-refractivity contribution in [2.75, 3.05) is 53.0 Å². The first-order valence-corrected chi connectivity index (χ1v) is 12.2. The second-order valence-corrected chi connectivity index (χ2v) is 9.39. The van der Waals surface area contributed by atoms with Gasteiger partial charge in [-0.1, -0.05) is 43.2 Å². The number of hydrogen-bond donors (Lipinski definition) is 1. The molecule has 2 unspecified atom stereocenters. The first kappa shape index (κ1) is 25.7. The number of halogens is 1. The molecule has 4 rings (SSSR count). The molecule has 0 bridgehead atoms. The van der Waals surface area contributed by atoms with Crippen LogP contribution >= 0.6 is 24.0 Å². The Morgan fingerprint density at radius 2 is 2.00 bits per heavy atom. The number of hydrogen-bond acceptors (Lipinski definition) is 4. The normalized spacial score (nSPS) is 25.4. The van der Waals surface area contributed by atoms with E-state index in [9.17, 15) is 0 Å². The summed E-state index contributed by atoms with van der Waals surface area (Å²) < 4.78 is 11.9. The molecule has 0 amide bonds. The third-order valence-electron chi connectivity index (χ3n) is 7.42. The number of rotatable bonds is 8. The third kappa shape index (κ3) is 6.36. The standard InChI is InChI=1S/C25H40N4O2.HI/c1-3-30-15-13-25(11-7-8-12-25)20-27-24(26-2)29-18-22-23(19-29)31-16-14-28(22)17-21-9-5-4-6-10-21;/h4-6,9-10,22-23H,3,7-8,11-20H2,1-2H3,(H,26,27);1H. The molecule has 6 nitrogen and oxygen atoms in total. The van der Waals surface area contributed by atoms with Crippen molar-refractivity contribution in [3.63, 3.8) is 0 Å². The quantitative estimate of drug-likeness (QED) is 0.229. The summed E-state index contributed by atoms with van der Waals surface area (Å²) in [6, 6.07) is 11.2. The predicted molar refractivity (Wildman–Crippen MR) is 141 cm³/mol. The molecular formula is C25H41IN4O2. The molecule has 0 aromatic heterocycles. The molecule has 2 aliphatic heterocycles. The topological polar surface area (TPSA) is 49.3 Å². The van der Waals surface area contributed by atoms with E-state index in [0.29, 0.717) is 11.5 Å². The van der Waals surface area contributed by atoms with Crippen LogP contribution in [0.4, 0.5) is 0 Å². The van der Waals surface area contributed by atoms with Gasteiger partial charge in [0.1, 0.15) is 0 Å². The van der Waals surface area contributed by atoms with Gasteiger partial charge in [-0.15, -0.1) is 24.0 Å². The molecule has 7 heteroatoms. The van der Waals surface area contributed by atoms with Gasteiger partial charge in [-0.25, -0.2) is 0 Å². The predicted octanol–water partition coefficient (Wildman–Crippen LogP) is 3.75. The summed E-state index contributed by atoms with van der Waals surface area (Å²) >= 11 is 0. The summed E-state index contributed by atoms with van der Waals surface area (Å²) in [5.41, 5.74) is 1.73. The molecule has 3 fully saturated rings. The summed E-state index contributed by atoms with van der Waals surface area (Å²) in [7, 11) is 1.91. The van der Waals surface area contributed by atoms with Crippen molar-refractivity contribution in [3.8, 4) is 0 Å². The molecule has 32 heavy (non-hydrogen) atoms. The highest BCUT2D eigenvalue weighted by molar-refractivity contribution is 14.0. The molecule has 1 saturated carbocycles. The Morgan fingerprint density at radius 1 is 1.22 bits per heavy atom. The van der Waals surface area contributed by atoms with Crippen LogP contribution in [0.15, 0.2) is 35.3 Å². The lowest BCUT2D eigenvalue weighted by Crippen LogP contribution is -2.50. The van der Waals surface area contributed by atoms with Gasteiger partial charge in [0.25, 0.3) is 0 Å². The van der Waals surface area contributed by atoms with Crippen LogP contribution in [0.2, 0.25) is 0 Å². The molecule has 3 aliphatic rings.